The van der Waals surface area contributed by atoms with Crippen molar-refractivity contribution in [3.63, 3.8) is 0 Å². The molecular weight excluding hydrogens is 436 g/mol. The van der Waals surface area contributed by atoms with E-state index in [1.807, 2.05) is 19.9 Å². The van der Waals surface area contributed by atoms with E-state index in [1.54, 1.807) is 30.9 Å². The minimum Gasteiger partial charge on any atom is -0.461 e. The number of anilines is 1. The molecular formula is C23H24N8O3. The Morgan fingerprint density at radius 2 is 2.00 bits per heavy atom. The third-order valence-corrected chi connectivity index (χ3v) is 5.61. The van der Waals surface area contributed by atoms with Crippen LogP contribution in [0.2, 0.25) is 0 Å². The van der Waals surface area contributed by atoms with Gasteiger partial charge in [0.2, 0.25) is 12.0 Å². The van der Waals surface area contributed by atoms with Crippen LogP contribution in [0.3, 0.4) is 0 Å². The lowest BCUT2D eigenvalue weighted by Crippen LogP contribution is -2.39. The number of aromatic nitrogens is 7. The predicted molar refractivity (Wildman–Crippen MR) is 123 cm³/mol. The highest BCUT2D eigenvalue weighted by molar-refractivity contribution is 5.94. The fourth-order valence-corrected chi connectivity index (χ4v) is 3.44. The maximum Gasteiger partial charge on any atom is 0.269 e. The molecule has 5 rings (SSSR count). The minimum absolute atomic E-state index is 0.0746. The zero-order chi connectivity index (χ0) is 23.5. The van der Waals surface area contributed by atoms with E-state index in [9.17, 15) is 4.79 Å². The van der Waals surface area contributed by atoms with E-state index in [0.717, 1.165) is 24.8 Å². The lowest BCUT2D eigenvalue weighted by atomic mass is 9.96. The largest absolute Gasteiger partial charge is 0.461 e. The van der Waals surface area contributed by atoms with Gasteiger partial charge in [-0.25, -0.2) is 15.0 Å². The van der Waals surface area contributed by atoms with Crippen molar-refractivity contribution in [2.24, 2.45) is 0 Å². The number of carbonyl (C=O) groups excluding carboxylic acids is 1. The van der Waals surface area contributed by atoms with Crippen LogP contribution < -0.4 is 10.1 Å². The number of hydrogen-bond acceptors (Lipinski definition) is 9. The Balaban J connectivity index is 1.45. The first-order valence-electron chi connectivity index (χ1n) is 11.1. The molecule has 1 aliphatic rings. The lowest BCUT2D eigenvalue weighted by molar-refractivity contribution is -0.128. The average Bonchev–Trinajstić information content (AvgIpc) is 3.28. The van der Waals surface area contributed by atoms with Gasteiger partial charge < -0.3 is 14.8 Å². The lowest BCUT2D eigenvalue weighted by Gasteiger charge is -2.27. The molecule has 1 amide bonds. The van der Waals surface area contributed by atoms with Gasteiger partial charge in [-0.2, -0.15) is 10.1 Å². The summed E-state index contributed by atoms with van der Waals surface area (Å²) in [7, 11) is 0. The Bertz CT molecular complexity index is 1300. The Morgan fingerprint density at radius 3 is 2.74 bits per heavy atom. The van der Waals surface area contributed by atoms with Gasteiger partial charge in [0.25, 0.3) is 5.91 Å². The molecule has 0 saturated heterocycles. The molecule has 1 atom stereocenters. The van der Waals surface area contributed by atoms with Crippen molar-refractivity contribution in [2.45, 2.75) is 45.3 Å². The van der Waals surface area contributed by atoms with E-state index in [1.165, 1.54) is 0 Å². The molecule has 0 aromatic carbocycles. The van der Waals surface area contributed by atoms with Gasteiger partial charge in [-0.3, -0.25) is 14.9 Å². The fraction of sp³-hybridized carbons (Fsp3) is 0.348. The molecule has 0 unspecified atom stereocenters. The third-order valence-electron chi connectivity index (χ3n) is 5.61. The summed E-state index contributed by atoms with van der Waals surface area (Å²) in [6, 6.07) is 3.61. The number of nitrogens with one attached hydrogen (secondary N) is 2. The van der Waals surface area contributed by atoms with Crippen molar-refractivity contribution in [1.82, 2.24) is 35.1 Å². The Labute approximate surface area is 195 Å². The van der Waals surface area contributed by atoms with Gasteiger partial charge in [0, 0.05) is 18.6 Å². The van der Waals surface area contributed by atoms with E-state index < -0.39 is 6.10 Å². The molecule has 0 aliphatic heterocycles. The number of ether oxygens (including phenoxy) is 2. The number of aryl methyl sites for hydroxylation is 2. The van der Waals surface area contributed by atoms with Crippen LogP contribution in [0.15, 0.2) is 36.9 Å². The van der Waals surface area contributed by atoms with Crippen LogP contribution in [0.5, 0.6) is 5.88 Å². The maximum atomic E-state index is 13.2. The predicted octanol–water partition coefficient (Wildman–Crippen LogP) is 2.78. The number of nitrogens with zero attached hydrogens (tertiary/aromatic N) is 6. The Kier molecular flexibility index (Phi) is 6.09. The van der Waals surface area contributed by atoms with Crippen LogP contribution in [0, 0.1) is 13.8 Å². The summed E-state index contributed by atoms with van der Waals surface area (Å²) in [6.07, 6.45) is 8.65. The number of carbonyl (C=O) groups is 1. The van der Waals surface area contributed by atoms with E-state index in [4.69, 9.17) is 9.47 Å². The van der Waals surface area contributed by atoms with Crippen LogP contribution in [0.25, 0.3) is 22.6 Å². The van der Waals surface area contributed by atoms with Gasteiger partial charge in [0.1, 0.15) is 16.9 Å². The smallest absolute Gasteiger partial charge is 0.269 e. The SMILES string of the molecule is Cc1ccc(NC(=O)[C@H](COC2CCC2)Oc2nc(-c3nccnc3C)nc3[nH]ncc23)nc1. The third kappa shape index (κ3) is 4.69. The Hall–Kier alpha value is -3.99. The molecule has 4 heterocycles. The number of amides is 1. The van der Waals surface area contributed by atoms with Crippen LogP contribution >= 0.6 is 0 Å². The number of hydrogen-bond donors (Lipinski definition) is 2. The van der Waals surface area contributed by atoms with Crippen molar-refractivity contribution in [3.05, 3.63) is 48.2 Å². The molecule has 2 N–H and O–H groups in total. The van der Waals surface area contributed by atoms with E-state index in [0.29, 0.717) is 34.1 Å². The summed E-state index contributed by atoms with van der Waals surface area (Å²) in [6.45, 7) is 3.82. The minimum atomic E-state index is -0.965. The number of rotatable bonds is 8. The van der Waals surface area contributed by atoms with E-state index in [-0.39, 0.29) is 24.5 Å². The van der Waals surface area contributed by atoms with Gasteiger partial charge >= 0.3 is 0 Å². The summed E-state index contributed by atoms with van der Waals surface area (Å²) >= 11 is 0. The topological polar surface area (TPSA) is 141 Å². The number of aromatic amines is 1. The highest BCUT2D eigenvalue weighted by Crippen LogP contribution is 2.27. The van der Waals surface area contributed by atoms with Gasteiger partial charge in [0.15, 0.2) is 11.5 Å². The van der Waals surface area contributed by atoms with Gasteiger partial charge in [-0.15, -0.1) is 0 Å². The van der Waals surface area contributed by atoms with Crippen molar-refractivity contribution in [2.75, 3.05) is 11.9 Å². The molecule has 0 bridgehead atoms. The monoisotopic (exact) mass is 460 g/mol. The summed E-state index contributed by atoms with van der Waals surface area (Å²) in [5.41, 5.74) is 2.64. The molecule has 1 fully saturated rings. The molecule has 0 radical (unpaired) electrons. The second-order valence-corrected chi connectivity index (χ2v) is 8.18. The number of H-pyrrole nitrogens is 1. The van der Waals surface area contributed by atoms with Crippen LogP contribution in [-0.2, 0) is 9.53 Å². The summed E-state index contributed by atoms with van der Waals surface area (Å²) < 4.78 is 12.1. The zero-order valence-electron chi connectivity index (χ0n) is 18.9. The molecule has 0 spiro atoms. The van der Waals surface area contributed by atoms with Crippen molar-refractivity contribution >= 4 is 22.8 Å². The molecule has 11 heteroatoms. The van der Waals surface area contributed by atoms with Crippen LogP contribution in [0.4, 0.5) is 5.82 Å². The molecule has 4 aromatic rings. The summed E-state index contributed by atoms with van der Waals surface area (Å²) in [5, 5.41) is 10.2. The molecule has 1 saturated carbocycles. The second kappa shape index (κ2) is 9.48. The first-order valence-corrected chi connectivity index (χ1v) is 11.1. The van der Waals surface area contributed by atoms with Crippen molar-refractivity contribution in [1.29, 1.82) is 0 Å². The highest BCUT2D eigenvalue weighted by atomic mass is 16.5. The number of fused-ring (bicyclic) bond motifs is 1. The van der Waals surface area contributed by atoms with Crippen molar-refractivity contribution in [3.8, 4) is 17.4 Å². The molecule has 34 heavy (non-hydrogen) atoms. The average molecular weight is 460 g/mol. The quantitative estimate of drug-likeness (QED) is 0.406. The molecule has 174 valence electrons. The molecule has 11 nitrogen and oxygen atoms in total. The van der Waals surface area contributed by atoms with Crippen LogP contribution in [0.1, 0.15) is 30.5 Å². The van der Waals surface area contributed by atoms with Gasteiger partial charge in [-0.1, -0.05) is 6.07 Å². The summed E-state index contributed by atoms with van der Waals surface area (Å²) in [5.74, 6) is 0.563. The van der Waals surface area contributed by atoms with Crippen LogP contribution in [-0.4, -0.2) is 59.8 Å². The fourth-order valence-electron chi connectivity index (χ4n) is 3.44. The van der Waals surface area contributed by atoms with E-state index in [2.05, 4.69) is 40.4 Å². The second-order valence-electron chi connectivity index (χ2n) is 8.18. The highest BCUT2D eigenvalue weighted by Gasteiger charge is 2.27. The maximum absolute atomic E-state index is 13.2. The number of pyridine rings is 1. The van der Waals surface area contributed by atoms with Crippen molar-refractivity contribution < 1.29 is 14.3 Å². The van der Waals surface area contributed by atoms with Gasteiger partial charge in [0.05, 0.1) is 24.6 Å². The Morgan fingerprint density at radius 1 is 1.15 bits per heavy atom. The van der Waals surface area contributed by atoms with E-state index >= 15 is 0 Å². The zero-order valence-corrected chi connectivity index (χ0v) is 18.9. The summed E-state index contributed by atoms with van der Waals surface area (Å²) in [4.78, 5) is 35.1. The molecule has 1 aliphatic carbocycles. The first-order chi connectivity index (χ1) is 16.6. The standard InChI is InChI=1S/C23H24N8O3/c1-13-6-7-18(26-10-13)28-22(32)17(12-33-15-4-3-5-15)34-23-16-11-27-31-20(16)29-21(30-23)19-14(2)24-8-9-25-19/h6-11,15,17H,3-5,12H2,1-2H3,(H,26,28,32)(H,27,29,30,31)/t17-/m0/s1. The normalized spacial score (nSPS) is 14.5. The molecule has 4 aromatic heterocycles. The van der Waals surface area contributed by atoms with Gasteiger partial charge in [-0.05, 0) is 44.7 Å². The first kappa shape index (κ1) is 21.8.